The lowest BCUT2D eigenvalue weighted by Crippen LogP contribution is -2.18. The summed E-state index contributed by atoms with van der Waals surface area (Å²) >= 11 is 0. The van der Waals surface area contributed by atoms with E-state index in [1.807, 2.05) is 0 Å². The zero-order chi connectivity index (χ0) is 86.6. The van der Waals surface area contributed by atoms with E-state index in [2.05, 4.69) is 477 Å². The van der Waals surface area contributed by atoms with E-state index in [1.54, 1.807) is 0 Å². The van der Waals surface area contributed by atoms with Crippen molar-refractivity contribution in [3.8, 4) is 73.1 Å². The lowest BCUT2D eigenvalue weighted by Gasteiger charge is -2.32. The summed E-state index contributed by atoms with van der Waals surface area (Å²) in [5, 5.41) is 17.6. The Balaban J connectivity index is 0.000000102. The minimum atomic E-state index is 0.657. The number of para-hydroxylation sites is 12. The minimum absolute atomic E-state index is 0.657. The largest absolute Gasteiger partial charge is 0.309 e. The maximum absolute atomic E-state index is 5.42. The average molecular weight is 1680 g/mol. The zero-order valence-electron chi connectivity index (χ0n) is 71.1. The molecule has 0 saturated carbocycles. The van der Waals surface area contributed by atoms with Crippen molar-refractivity contribution < 1.29 is 0 Å². The Kier molecular flexibility index (Phi) is 16.8. The topological polar surface area (TPSA) is 102 Å². The number of hydrogen-bond donors (Lipinski definition) is 0. The van der Waals surface area contributed by atoms with E-state index in [1.165, 1.54) is 115 Å². The second kappa shape index (κ2) is 29.8. The summed E-state index contributed by atoms with van der Waals surface area (Å²) < 4.78 is 7.00. The zero-order valence-corrected chi connectivity index (χ0v) is 71.1. The Morgan fingerprint density at radius 2 is 0.462 bits per heavy atom. The molecule has 12 heteroatoms. The highest BCUT2D eigenvalue weighted by Gasteiger charge is 2.34. The summed E-state index contributed by atoms with van der Waals surface area (Å²) in [5.74, 6) is 2.85. The second-order valence-electron chi connectivity index (χ2n) is 34.0. The third kappa shape index (κ3) is 11.5. The fraction of sp³-hybridized carbons (Fsp3) is 0. The number of nitrogens with zero attached hydrogens (tertiary/aromatic N) is 12. The molecule has 20 aromatic carbocycles. The molecule has 0 aliphatic carbocycles. The molecular weight excluding hydrogens is 1610 g/mol. The van der Waals surface area contributed by atoms with Gasteiger partial charge in [0.25, 0.3) is 0 Å². The molecule has 0 amide bonds. The Morgan fingerprint density at radius 3 is 0.902 bits per heavy atom. The predicted molar refractivity (Wildman–Crippen MR) is 546 cm³/mol. The number of benzene rings is 20. The molecule has 0 atom stereocenters. The summed E-state index contributed by atoms with van der Waals surface area (Å²) in [6, 6.07) is 159. The maximum Gasteiger partial charge on any atom is 0.237 e. The maximum atomic E-state index is 5.42. The van der Waals surface area contributed by atoms with E-state index in [0.29, 0.717) is 17.8 Å². The highest BCUT2D eigenvalue weighted by molar-refractivity contribution is 6.19. The van der Waals surface area contributed by atoms with Gasteiger partial charge in [-0.05, 0) is 160 Å². The van der Waals surface area contributed by atoms with Gasteiger partial charge in [-0.1, -0.05) is 322 Å². The van der Waals surface area contributed by atoms with Gasteiger partial charge in [0.15, 0.2) is 5.82 Å². The van der Waals surface area contributed by atoms with Gasteiger partial charge in [0.2, 0.25) is 17.8 Å². The first kappa shape index (κ1) is 74.3. The van der Waals surface area contributed by atoms with Gasteiger partial charge >= 0.3 is 0 Å². The highest BCUT2D eigenvalue weighted by atomic mass is 15.3. The van der Waals surface area contributed by atoms with Crippen molar-refractivity contribution in [2.24, 2.45) is 0 Å². The lowest BCUT2D eigenvalue weighted by molar-refractivity contribution is 1.04. The molecule has 26 aromatic rings. The summed E-state index contributed by atoms with van der Waals surface area (Å²) in [4.78, 5) is 38.6. The molecule has 0 N–H and O–H groups in total. The van der Waals surface area contributed by atoms with Gasteiger partial charge in [-0.2, -0.15) is 4.98 Å². The first-order valence-corrected chi connectivity index (χ1v) is 44.7. The third-order valence-electron chi connectivity index (χ3n) is 26.7. The molecule has 9 heterocycles. The van der Waals surface area contributed by atoms with E-state index in [0.717, 1.165) is 123 Å². The van der Waals surface area contributed by atoms with Crippen LogP contribution >= 0.6 is 0 Å². The Labute approximate surface area is 757 Å². The van der Waals surface area contributed by atoms with Crippen molar-refractivity contribution in [3.63, 3.8) is 0 Å². The number of fused-ring (bicyclic) bond motifs is 18. The molecule has 29 rings (SSSR count). The van der Waals surface area contributed by atoms with Crippen LogP contribution in [0.5, 0.6) is 0 Å². The van der Waals surface area contributed by atoms with Crippen molar-refractivity contribution in [2.45, 2.75) is 0 Å². The molecule has 3 aliphatic heterocycles. The molecule has 0 bridgehead atoms. The minimum Gasteiger partial charge on any atom is -0.309 e. The second-order valence-corrected chi connectivity index (χ2v) is 34.0. The van der Waals surface area contributed by atoms with Crippen LogP contribution in [0.25, 0.3) is 204 Å². The van der Waals surface area contributed by atoms with Crippen LogP contribution in [0.2, 0.25) is 0 Å². The van der Waals surface area contributed by atoms with Gasteiger partial charge in [-0.3, -0.25) is 19.3 Å². The standard InChI is InChI=1S/2C42H26N4.C36H22N4/c1-2-14-29(15-3-1)45-36-21-8-6-17-31(36)34-26-28(24-25-38(34)45)41-33-18-4-7-20-35(33)43-42(44-41)46-37-22-9-5-16-30(37)32-19-10-12-27-13-11-23-39(46)40(27)32;1-2-14-29(15-3-1)45-36-21-8-5-16-30(36)32-25-24-28(26-39(32)45)41-34-18-4-7-20-35(34)43-42(44-41)46-37-22-9-6-17-31(37)33-19-10-12-27-13-11-23-38(46)40(27)33;1-5-18-29-28(16-1)35(39-30-19-6-2-13-24(30)25-14-3-7-20-31(25)39)38-36(37-29)40-32-21-8-4-15-26(32)27-17-9-11-23-12-10-22-33(40)34(23)27/h2*1-26H;1-22H. The number of rotatable bonds is 8. The van der Waals surface area contributed by atoms with Gasteiger partial charge in [0.05, 0.1) is 95.2 Å². The number of aromatic nitrogens is 9. The van der Waals surface area contributed by atoms with Gasteiger partial charge in [0, 0.05) is 104 Å². The van der Waals surface area contributed by atoms with Gasteiger partial charge < -0.3 is 9.13 Å². The van der Waals surface area contributed by atoms with Crippen molar-refractivity contribution >= 4 is 182 Å². The molecule has 0 saturated heterocycles. The molecule has 12 nitrogen and oxygen atoms in total. The molecule has 6 aromatic heterocycles. The van der Waals surface area contributed by atoms with Crippen LogP contribution < -0.4 is 14.7 Å². The Bertz CT molecular complexity index is 9220. The first-order valence-electron chi connectivity index (χ1n) is 44.7. The third-order valence-corrected chi connectivity index (χ3v) is 26.7. The first-order chi connectivity index (χ1) is 65.5. The number of hydrogen-bond acceptors (Lipinski definition) is 9. The molecule has 0 unspecified atom stereocenters. The van der Waals surface area contributed by atoms with Gasteiger partial charge in [-0.25, -0.2) is 24.9 Å². The van der Waals surface area contributed by atoms with Crippen molar-refractivity contribution in [3.05, 3.63) is 449 Å². The van der Waals surface area contributed by atoms with Crippen LogP contribution in [0.1, 0.15) is 0 Å². The smallest absolute Gasteiger partial charge is 0.237 e. The number of anilines is 9. The van der Waals surface area contributed by atoms with E-state index < -0.39 is 0 Å². The van der Waals surface area contributed by atoms with Gasteiger partial charge in [-0.15, -0.1) is 0 Å². The summed E-state index contributed by atoms with van der Waals surface area (Å²) in [6.07, 6.45) is 0. The van der Waals surface area contributed by atoms with Crippen molar-refractivity contribution in [1.82, 2.24) is 43.6 Å². The molecule has 132 heavy (non-hydrogen) atoms. The van der Waals surface area contributed by atoms with Crippen LogP contribution in [0, 0.1) is 0 Å². The lowest BCUT2D eigenvalue weighted by atomic mass is 9.91. The molecule has 0 fully saturated rings. The Hall–Kier alpha value is -18.0. The van der Waals surface area contributed by atoms with E-state index in [9.17, 15) is 0 Å². The van der Waals surface area contributed by atoms with E-state index in [4.69, 9.17) is 29.9 Å². The van der Waals surface area contributed by atoms with E-state index in [-0.39, 0.29) is 0 Å². The van der Waals surface area contributed by atoms with Crippen LogP contribution in [0.3, 0.4) is 0 Å². The molecule has 614 valence electrons. The Morgan fingerprint density at radius 1 is 0.167 bits per heavy atom. The molecular formula is C120H74N12. The highest BCUT2D eigenvalue weighted by Crippen LogP contribution is 2.55. The quantitative estimate of drug-likeness (QED) is 0.147. The summed E-state index contributed by atoms with van der Waals surface area (Å²) in [7, 11) is 0. The normalized spacial score (nSPS) is 12.3. The van der Waals surface area contributed by atoms with Crippen LogP contribution in [-0.4, -0.2) is 43.6 Å². The van der Waals surface area contributed by atoms with Crippen LogP contribution in [0.4, 0.5) is 52.0 Å². The SMILES string of the molecule is c1ccc(-n2c3ccccc3c3cc(-c4nc(N5c6ccccc6-c6cccc7cccc5c67)nc5ccccc45)ccc32)cc1.c1ccc(-n2c3ccccc3c3ccc(-c4nc(N5c6ccccc6-c6cccc7cccc5c67)nc5ccccc45)cc32)cc1.c1ccc2c(c1)-c1cccc3cccc(c13)N2c1nc(-n2c3ccccc3c3ccccc32)c2ccccc2n1. The summed E-state index contributed by atoms with van der Waals surface area (Å²) in [5.41, 5.74) is 29.7. The van der Waals surface area contributed by atoms with Crippen LogP contribution in [-0.2, 0) is 0 Å². The van der Waals surface area contributed by atoms with Crippen molar-refractivity contribution in [2.75, 3.05) is 14.7 Å². The predicted octanol–water partition coefficient (Wildman–Crippen LogP) is 31.3. The monoisotopic (exact) mass is 1680 g/mol. The summed E-state index contributed by atoms with van der Waals surface area (Å²) in [6.45, 7) is 0. The average Bonchev–Trinajstić information content (AvgIpc) is 1.47. The van der Waals surface area contributed by atoms with Crippen molar-refractivity contribution in [1.29, 1.82) is 0 Å². The fourth-order valence-corrected chi connectivity index (χ4v) is 21.1. The fourth-order valence-electron chi connectivity index (χ4n) is 21.1. The molecule has 0 radical (unpaired) electrons. The van der Waals surface area contributed by atoms with Gasteiger partial charge in [0.1, 0.15) is 0 Å². The van der Waals surface area contributed by atoms with Crippen LogP contribution in [0.15, 0.2) is 449 Å². The molecule has 0 spiro atoms. The molecule has 3 aliphatic rings. The van der Waals surface area contributed by atoms with E-state index >= 15 is 0 Å².